The molecular formula is C12H20N2OS. The highest BCUT2D eigenvalue weighted by Gasteiger charge is 2.13. The Kier molecular flexibility index (Phi) is 4.29. The van der Waals surface area contributed by atoms with Crippen LogP contribution in [0.25, 0.3) is 0 Å². The average Bonchev–Trinajstić information content (AvgIpc) is 2.60. The summed E-state index contributed by atoms with van der Waals surface area (Å²) in [6.45, 7) is 5.81. The molecule has 1 saturated heterocycles. The number of oxazole rings is 1. The molecule has 0 radical (unpaired) electrons. The van der Waals surface area contributed by atoms with Gasteiger partial charge in [0.05, 0.1) is 12.2 Å². The minimum atomic E-state index is 0.762. The van der Waals surface area contributed by atoms with E-state index in [1.165, 1.54) is 24.3 Å². The number of thioether (sulfide) groups is 1. The molecule has 0 saturated carbocycles. The molecule has 2 rings (SSSR count). The highest BCUT2D eigenvalue weighted by Crippen LogP contribution is 2.21. The van der Waals surface area contributed by atoms with Crippen molar-refractivity contribution >= 4 is 11.8 Å². The fourth-order valence-electron chi connectivity index (χ4n) is 1.95. The number of nitrogens with one attached hydrogen (secondary N) is 1. The molecule has 0 spiro atoms. The van der Waals surface area contributed by atoms with E-state index >= 15 is 0 Å². The summed E-state index contributed by atoms with van der Waals surface area (Å²) in [6, 6.07) is 0. The molecule has 90 valence electrons. The van der Waals surface area contributed by atoms with E-state index in [0.717, 1.165) is 36.4 Å². The third-order valence-electron chi connectivity index (χ3n) is 3.12. The lowest BCUT2D eigenvalue weighted by Gasteiger charge is -2.21. The normalized spacial score (nSPS) is 17.9. The van der Waals surface area contributed by atoms with Crippen molar-refractivity contribution in [3.05, 3.63) is 17.3 Å². The van der Waals surface area contributed by atoms with Crippen LogP contribution in [0, 0.1) is 19.8 Å². The van der Waals surface area contributed by atoms with E-state index in [1.807, 2.05) is 13.8 Å². The first kappa shape index (κ1) is 12.0. The van der Waals surface area contributed by atoms with E-state index in [1.54, 1.807) is 0 Å². The lowest BCUT2D eigenvalue weighted by Crippen LogP contribution is -2.25. The second-order valence-corrected chi connectivity index (χ2v) is 5.66. The molecular weight excluding hydrogens is 220 g/mol. The maximum atomic E-state index is 5.53. The van der Waals surface area contributed by atoms with Gasteiger partial charge in [0, 0.05) is 0 Å². The Bertz CT molecular complexity index is 312. The fourth-order valence-corrected chi connectivity index (χ4v) is 3.15. The van der Waals surface area contributed by atoms with Crippen LogP contribution in [-0.4, -0.2) is 23.0 Å². The second-order valence-electron chi connectivity index (χ2n) is 4.44. The topological polar surface area (TPSA) is 38.1 Å². The van der Waals surface area contributed by atoms with Gasteiger partial charge in [0.15, 0.2) is 0 Å². The lowest BCUT2D eigenvalue weighted by atomic mass is 10.0. The van der Waals surface area contributed by atoms with Gasteiger partial charge in [-0.2, -0.15) is 11.8 Å². The molecule has 0 amide bonds. The van der Waals surface area contributed by atoms with Gasteiger partial charge in [-0.15, -0.1) is 0 Å². The van der Waals surface area contributed by atoms with E-state index in [-0.39, 0.29) is 0 Å². The summed E-state index contributed by atoms with van der Waals surface area (Å²) in [5.41, 5.74) is 1.01. The van der Waals surface area contributed by atoms with E-state index in [0.29, 0.717) is 0 Å². The van der Waals surface area contributed by atoms with Crippen LogP contribution in [0.1, 0.15) is 30.2 Å². The Balaban J connectivity index is 1.71. The highest BCUT2D eigenvalue weighted by molar-refractivity contribution is 7.99. The molecule has 1 aromatic rings. The van der Waals surface area contributed by atoms with E-state index in [2.05, 4.69) is 22.1 Å². The van der Waals surface area contributed by atoms with Gasteiger partial charge < -0.3 is 9.73 Å². The monoisotopic (exact) mass is 240 g/mol. The van der Waals surface area contributed by atoms with Gasteiger partial charge in [-0.25, -0.2) is 4.98 Å². The van der Waals surface area contributed by atoms with Crippen LogP contribution in [0.2, 0.25) is 0 Å². The molecule has 0 unspecified atom stereocenters. The highest BCUT2D eigenvalue weighted by atomic mass is 32.2. The van der Waals surface area contributed by atoms with Crippen LogP contribution < -0.4 is 5.32 Å². The van der Waals surface area contributed by atoms with Crippen molar-refractivity contribution in [2.24, 2.45) is 5.92 Å². The molecule has 0 atom stereocenters. The molecule has 1 aromatic heterocycles. The maximum absolute atomic E-state index is 5.53. The third-order valence-corrected chi connectivity index (χ3v) is 4.17. The molecule has 1 aliphatic rings. The Hall–Kier alpha value is -0.480. The predicted octanol–water partition coefficient (Wildman–Crippen LogP) is 2.52. The summed E-state index contributed by atoms with van der Waals surface area (Å²) in [4.78, 5) is 4.36. The molecule has 2 heterocycles. The Labute approximate surface area is 101 Å². The van der Waals surface area contributed by atoms with Gasteiger partial charge in [0.2, 0.25) is 5.89 Å². The van der Waals surface area contributed by atoms with Crippen molar-refractivity contribution in [3.63, 3.8) is 0 Å². The summed E-state index contributed by atoms with van der Waals surface area (Å²) in [7, 11) is 0. The number of nitrogens with zero attached hydrogens (tertiary/aromatic N) is 1. The standard InChI is InChI=1S/C12H20N2OS/c1-9-10(2)15-12(14-9)8-13-7-11-3-5-16-6-4-11/h11,13H,3-8H2,1-2H3. The smallest absolute Gasteiger partial charge is 0.208 e. The van der Waals surface area contributed by atoms with Gasteiger partial charge in [0.1, 0.15) is 5.76 Å². The van der Waals surface area contributed by atoms with Gasteiger partial charge in [0.25, 0.3) is 0 Å². The first-order valence-corrected chi connectivity index (χ1v) is 7.12. The van der Waals surface area contributed by atoms with Gasteiger partial charge >= 0.3 is 0 Å². The van der Waals surface area contributed by atoms with Crippen molar-refractivity contribution < 1.29 is 4.42 Å². The number of hydrogen-bond acceptors (Lipinski definition) is 4. The van der Waals surface area contributed by atoms with Gasteiger partial charge in [-0.1, -0.05) is 0 Å². The van der Waals surface area contributed by atoms with Gasteiger partial charge in [-0.05, 0) is 50.7 Å². The maximum Gasteiger partial charge on any atom is 0.208 e. The number of hydrogen-bond donors (Lipinski definition) is 1. The Morgan fingerprint density at radius 2 is 2.12 bits per heavy atom. The van der Waals surface area contributed by atoms with Crippen LogP contribution in [0.5, 0.6) is 0 Å². The van der Waals surface area contributed by atoms with Crippen LogP contribution in [0.4, 0.5) is 0 Å². The van der Waals surface area contributed by atoms with Crippen LogP contribution in [-0.2, 0) is 6.54 Å². The zero-order valence-corrected chi connectivity index (χ0v) is 10.9. The first-order valence-electron chi connectivity index (χ1n) is 5.97. The molecule has 1 fully saturated rings. The van der Waals surface area contributed by atoms with Crippen molar-refractivity contribution in [2.45, 2.75) is 33.2 Å². The summed E-state index contributed by atoms with van der Waals surface area (Å²) in [6.07, 6.45) is 2.70. The zero-order valence-electron chi connectivity index (χ0n) is 10.1. The number of aryl methyl sites for hydroxylation is 2. The van der Waals surface area contributed by atoms with Gasteiger partial charge in [-0.3, -0.25) is 0 Å². The van der Waals surface area contributed by atoms with Crippen LogP contribution in [0.3, 0.4) is 0 Å². The molecule has 4 heteroatoms. The van der Waals surface area contributed by atoms with Crippen molar-refractivity contribution in [1.82, 2.24) is 10.3 Å². The Morgan fingerprint density at radius 3 is 2.75 bits per heavy atom. The predicted molar refractivity (Wildman–Crippen MR) is 67.7 cm³/mol. The molecule has 0 bridgehead atoms. The summed E-state index contributed by atoms with van der Waals surface area (Å²) in [5, 5.41) is 3.45. The molecule has 16 heavy (non-hydrogen) atoms. The Morgan fingerprint density at radius 1 is 1.38 bits per heavy atom. The van der Waals surface area contributed by atoms with Crippen molar-refractivity contribution in [2.75, 3.05) is 18.1 Å². The third kappa shape index (κ3) is 3.25. The summed E-state index contributed by atoms with van der Waals surface area (Å²) >= 11 is 2.08. The van der Waals surface area contributed by atoms with E-state index in [4.69, 9.17) is 4.42 Å². The van der Waals surface area contributed by atoms with Crippen molar-refractivity contribution in [1.29, 1.82) is 0 Å². The van der Waals surface area contributed by atoms with E-state index < -0.39 is 0 Å². The average molecular weight is 240 g/mol. The number of aromatic nitrogens is 1. The number of rotatable bonds is 4. The lowest BCUT2D eigenvalue weighted by molar-refractivity contribution is 0.408. The molecule has 1 aliphatic heterocycles. The first-order chi connectivity index (χ1) is 7.75. The molecule has 0 aromatic carbocycles. The summed E-state index contributed by atoms with van der Waals surface area (Å²) < 4.78 is 5.53. The van der Waals surface area contributed by atoms with E-state index in [9.17, 15) is 0 Å². The molecule has 0 aliphatic carbocycles. The summed E-state index contributed by atoms with van der Waals surface area (Å²) in [5.74, 6) is 5.25. The minimum Gasteiger partial charge on any atom is -0.444 e. The second kappa shape index (κ2) is 5.73. The van der Waals surface area contributed by atoms with Crippen LogP contribution in [0.15, 0.2) is 4.42 Å². The minimum absolute atomic E-state index is 0.762. The molecule has 1 N–H and O–H groups in total. The largest absolute Gasteiger partial charge is 0.444 e. The van der Waals surface area contributed by atoms with Crippen LogP contribution >= 0.6 is 11.8 Å². The van der Waals surface area contributed by atoms with Crippen molar-refractivity contribution in [3.8, 4) is 0 Å². The SMILES string of the molecule is Cc1nc(CNCC2CCSCC2)oc1C. The quantitative estimate of drug-likeness (QED) is 0.877. The fraction of sp³-hybridized carbons (Fsp3) is 0.750. The molecule has 3 nitrogen and oxygen atoms in total. The zero-order chi connectivity index (χ0) is 11.4.